The molecule has 0 aromatic rings. The number of hydrogen-bond donors (Lipinski definition) is 1. The standard InChI is InChI=1S/C12H21NO3/c1-11(2,3)16-10(15)13-6-8-9(7-14)12(8,4)5/h7-9H,6H2,1-5H3,(H,13,15)/t8-,9+/m0/s1. The van der Waals surface area contributed by atoms with E-state index < -0.39 is 11.7 Å². The molecule has 4 heteroatoms. The Balaban J connectivity index is 2.32. The van der Waals surface area contributed by atoms with Crippen molar-refractivity contribution in [2.24, 2.45) is 17.3 Å². The normalized spacial score (nSPS) is 27.1. The molecule has 0 saturated heterocycles. The Morgan fingerprint density at radius 2 is 2.00 bits per heavy atom. The van der Waals surface area contributed by atoms with E-state index in [1.165, 1.54) is 0 Å². The second-order valence-electron chi connectivity index (χ2n) is 5.97. The number of carbonyl (C=O) groups is 2. The van der Waals surface area contributed by atoms with Crippen LogP contribution < -0.4 is 5.32 Å². The zero-order chi connectivity index (χ0) is 12.6. The summed E-state index contributed by atoms with van der Waals surface area (Å²) >= 11 is 0. The molecule has 0 aromatic heterocycles. The van der Waals surface area contributed by atoms with Crippen LogP contribution in [0.2, 0.25) is 0 Å². The highest BCUT2D eigenvalue weighted by Gasteiger charge is 2.57. The number of carbonyl (C=O) groups excluding carboxylic acids is 2. The van der Waals surface area contributed by atoms with Crippen LogP contribution in [0.25, 0.3) is 0 Å². The summed E-state index contributed by atoms with van der Waals surface area (Å²) in [6.07, 6.45) is 0.557. The smallest absolute Gasteiger partial charge is 0.407 e. The zero-order valence-corrected chi connectivity index (χ0v) is 10.7. The van der Waals surface area contributed by atoms with E-state index in [1.54, 1.807) is 0 Å². The van der Waals surface area contributed by atoms with Crippen LogP contribution in [0, 0.1) is 17.3 Å². The Morgan fingerprint density at radius 3 is 2.38 bits per heavy atom. The van der Waals surface area contributed by atoms with Crippen LogP contribution in [0.4, 0.5) is 4.79 Å². The zero-order valence-electron chi connectivity index (χ0n) is 10.7. The maximum absolute atomic E-state index is 11.4. The second kappa shape index (κ2) is 4.07. The molecule has 0 aromatic carbocycles. The first-order valence-corrected chi connectivity index (χ1v) is 5.60. The van der Waals surface area contributed by atoms with Gasteiger partial charge in [0, 0.05) is 12.5 Å². The summed E-state index contributed by atoms with van der Waals surface area (Å²) in [7, 11) is 0. The largest absolute Gasteiger partial charge is 0.444 e. The summed E-state index contributed by atoms with van der Waals surface area (Å²) in [6.45, 7) is 10.0. The van der Waals surface area contributed by atoms with Gasteiger partial charge in [-0.1, -0.05) is 13.8 Å². The van der Waals surface area contributed by atoms with E-state index in [1.807, 2.05) is 34.6 Å². The molecule has 0 bridgehead atoms. The Labute approximate surface area is 96.7 Å². The average molecular weight is 227 g/mol. The van der Waals surface area contributed by atoms with Gasteiger partial charge in [0.25, 0.3) is 0 Å². The highest BCUT2D eigenvalue weighted by atomic mass is 16.6. The molecule has 1 rings (SSSR count). The Kier molecular flexibility index (Phi) is 3.31. The van der Waals surface area contributed by atoms with Crippen LogP contribution in [0.3, 0.4) is 0 Å². The van der Waals surface area contributed by atoms with Crippen LogP contribution >= 0.6 is 0 Å². The van der Waals surface area contributed by atoms with E-state index >= 15 is 0 Å². The van der Waals surface area contributed by atoms with Gasteiger partial charge in [-0.05, 0) is 32.1 Å². The molecule has 1 N–H and O–H groups in total. The lowest BCUT2D eigenvalue weighted by Gasteiger charge is -2.19. The first kappa shape index (κ1) is 13.0. The third-order valence-corrected chi connectivity index (χ3v) is 3.15. The van der Waals surface area contributed by atoms with Crippen molar-refractivity contribution < 1.29 is 14.3 Å². The lowest BCUT2D eigenvalue weighted by molar-refractivity contribution is -0.109. The van der Waals surface area contributed by atoms with Crippen molar-refractivity contribution in [1.82, 2.24) is 5.32 Å². The third-order valence-electron chi connectivity index (χ3n) is 3.15. The number of alkyl carbamates (subject to hydrolysis) is 1. The van der Waals surface area contributed by atoms with Gasteiger partial charge in [0.1, 0.15) is 11.9 Å². The minimum atomic E-state index is -0.479. The summed E-state index contributed by atoms with van der Waals surface area (Å²) in [5.74, 6) is 0.292. The van der Waals surface area contributed by atoms with E-state index in [-0.39, 0.29) is 17.3 Å². The molecule has 1 aliphatic carbocycles. The van der Waals surface area contributed by atoms with E-state index in [9.17, 15) is 9.59 Å². The summed E-state index contributed by atoms with van der Waals surface area (Å²) in [5, 5.41) is 2.70. The van der Waals surface area contributed by atoms with E-state index in [2.05, 4.69) is 5.32 Å². The van der Waals surface area contributed by atoms with E-state index in [4.69, 9.17) is 4.74 Å². The third kappa shape index (κ3) is 2.97. The molecular weight excluding hydrogens is 206 g/mol. The van der Waals surface area contributed by atoms with Crippen LogP contribution in [-0.2, 0) is 9.53 Å². The van der Waals surface area contributed by atoms with Crippen LogP contribution in [0.15, 0.2) is 0 Å². The molecule has 0 heterocycles. The second-order valence-corrected chi connectivity index (χ2v) is 5.97. The lowest BCUT2D eigenvalue weighted by atomic mass is 10.1. The highest BCUT2D eigenvalue weighted by Crippen LogP contribution is 2.56. The van der Waals surface area contributed by atoms with Crippen molar-refractivity contribution in [3.8, 4) is 0 Å². The fourth-order valence-corrected chi connectivity index (χ4v) is 1.95. The van der Waals surface area contributed by atoms with Gasteiger partial charge in [-0.3, -0.25) is 0 Å². The molecule has 1 fully saturated rings. The molecule has 1 saturated carbocycles. The fourth-order valence-electron chi connectivity index (χ4n) is 1.95. The molecule has 1 aliphatic rings. The predicted molar refractivity (Wildman–Crippen MR) is 61.1 cm³/mol. The van der Waals surface area contributed by atoms with Gasteiger partial charge in [-0.25, -0.2) is 4.79 Å². The molecule has 0 spiro atoms. The van der Waals surface area contributed by atoms with Crippen molar-refractivity contribution in [3.63, 3.8) is 0 Å². The number of hydrogen-bond acceptors (Lipinski definition) is 3. The summed E-state index contributed by atoms with van der Waals surface area (Å²) in [5.41, 5.74) is -0.468. The van der Waals surface area contributed by atoms with Crippen molar-refractivity contribution >= 4 is 12.4 Å². The topological polar surface area (TPSA) is 55.4 Å². The number of ether oxygens (including phenoxy) is 1. The summed E-state index contributed by atoms with van der Waals surface area (Å²) in [6, 6.07) is 0. The number of nitrogens with one attached hydrogen (secondary N) is 1. The van der Waals surface area contributed by atoms with E-state index in [0.717, 1.165) is 6.29 Å². The van der Waals surface area contributed by atoms with Crippen LogP contribution in [-0.4, -0.2) is 24.5 Å². The number of aldehydes is 1. The maximum Gasteiger partial charge on any atom is 0.407 e. The summed E-state index contributed by atoms with van der Waals surface area (Å²) < 4.78 is 5.11. The van der Waals surface area contributed by atoms with Gasteiger partial charge in [0.05, 0.1) is 0 Å². The number of amides is 1. The minimum Gasteiger partial charge on any atom is -0.444 e. The minimum absolute atomic E-state index is 0.0107. The SMILES string of the molecule is CC(C)(C)OC(=O)NC[C@H]1[C@@H](C=O)C1(C)C. The molecule has 92 valence electrons. The summed E-state index contributed by atoms with van der Waals surface area (Å²) in [4.78, 5) is 22.1. The average Bonchev–Trinajstić information content (AvgIpc) is 2.60. The fraction of sp³-hybridized carbons (Fsp3) is 0.833. The van der Waals surface area contributed by atoms with Crippen molar-refractivity contribution in [2.75, 3.05) is 6.54 Å². The molecule has 4 nitrogen and oxygen atoms in total. The van der Waals surface area contributed by atoms with Crippen molar-refractivity contribution in [3.05, 3.63) is 0 Å². The molecule has 0 unspecified atom stereocenters. The quantitative estimate of drug-likeness (QED) is 0.750. The number of rotatable bonds is 3. The van der Waals surface area contributed by atoms with Gasteiger partial charge in [-0.15, -0.1) is 0 Å². The van der Waals surface area contributed by atoms with Gasteiger partial charge >= 0.3 is 6.09 Å². The molecule has 0 aliphatic heterocycles. The van der Waals surface area contributed by atoms with Gasteiger partial charge < -0.3 is 14.8 Å². The first-order chi connectivity index (χ1) is 7.18. The molecular formula is C12H21NO3. The Bertz CT molecular complexity index is 291. The van der Waals surface area contributed by atoms with Crippen molar-refractivity contribution in [2.45, 2.75) is 40.2 Å². The Hall–Kier alpha value is -1.06. The van der Waals surface area contributed by atoms with E-state index in [0.29, 0.717) is 6.54 Å². The van der Waals surface area contributed by atoms with Gasteiger partial charge in [0.15, 0.2) is 0 Å². The van der Waals surface area contributed by atoms with Crippen molar-refractivity contribution in [1.29, 1.82) is 0 Å². The molecule has 0 radical (unpaired) electrons. The highest BCUT2D eigenvalue weighted by molar-refractivity contribution is 5.68. The van der Waals surface area contributed by atoms with Gasteiger partial charge in [0.2, 0.25) is 0 Å². The lowest BCUT2D eigenvalue weighted by Crippen LogP contribution is -2.34. The van der Waals surface area contributed by atoms with Gasteiger partial charge in [-0.2, -0.15) is 0 Å². The molecule has 2 atom stereocenters. The monoisotopic (exact) mass is 227 g/mol. The van der Waals surface area contributed by atoms with Crippen LogP contribution in [0.5, 0.6) is 0 Å². The predicted octanol–water partition coefficient (Wildman–Crippen LogP) is 1.98. The molecule has 16 heavy (non-hydrogen) atoms. The van der Waals surface area contributed by atoms with Crippen LogP contribution in [0.1, 0.15) is 34.6 Å². The maximum atomic E-state index is 11.4. The first-order valence-electron chi connectivity index (χ1n) is 5.60. The molecule has 1 amide bonds. The Morgan fingerprint density at radius 1 is 1.44 bits per heavy atom.